The van der Waals surface area contributed by atoms with E-state index in [1.165, 1.54) is 24.9 Å². The third-order valence-electron chi connectivity index (χ3n) is 5.16. The maximum Gasteiger partial charge on any atom is 0.418 e. The quantitative estimate of drug-likeness (QED) is 0.596. The highest BCUT2D eigenvalue weighted by molar-refractivity contribution is 7.99. The highest BCUT2D eigenvalue weighted by Gasteiger charge is 2.35. The van der Waals surface area contributed by atoms with Crippen molar-refractivity contribution in [2.24, 2.45) is 0 Å². The Bertz CT molecular complexity index is 1290. The van der Waals surface area contributed by atoms with Crippen molar-refractivity contribution in [3.05, 3.63) is 75.6 Å². The Balaban J connectivity index is 1.68. The third kappa shape index (κ3) is 4.40. The Morgan fingerprint density at radius 3 is 2.70 bits per heavy atom. The lowest BCUT2D eigenvalue weighted by molar-refractivity contribution is -0.136. The summed E-state index contributed by atoms with van der Waals surface area (Å²) >= 11 is 1.42. The molecule has 1 aliphatic heterocycles. The number of hydrazine groups is 1. The molecule has 2 N–H and O–H groups in total. The molecular weight excluding hydrogens is 459 g/mol. The fourth-order valence-corrected chi connectivity index (χ4v) is 4.75. The zero-order valence-electron chi connectivity index (χ0n) is 17.2. The predicted octanol–water partition coefficient (Wildman–Crippen LogP) is 3.86. The zero-order valence-corrected chi connectivity index (χ0v) is 18.0. The number of aromatic nitrogens is 1. The predicted molar refractivity (Wildman–Crippen MR) is 117 cm³/mol. The van der Waals surface area contributed by atoms with Crippen molar-refractivity contribution >= 4 is 34.5 Å². The zero-order chi connectivity index (χ0) is 23.8. The average molecular weight is 477 g/mol. The summed E-state index contributed by atoms with van der Waals surface area (Å²) < 4.78 is 45.0. The topological polar surface area (TPSA) is 91.5 Å². The van der Waals surface area contributed by atoms with Gasteiger partial charge in [0.15, 0.2) is 0 Å². The number of rotatable bonds is 4. The van der Waals surface area contributed by atoms with Gasteiger partial charge in [-0.25, -0.2) is 5.01 Å². The highest BCUT2D eigenvalue weighted by atomic mass is 32.2. The van der Waals surface area contributed by atoms with Gasteiger partial charge in [0.1, 0.15) is 16.7 Å². The van der Waals surface area contributed by atoms with E-state index in [1.807, 2.05) is 0 Å². The molecule has 1 unspecified atom stereocenters. The van der Waals surface area contributed by atoms with Crippen LogP contribution in [0.4, 0.5) is 13.2 Å². The molecule has 0 bridgehead atoms. The second kappa shape index (κ2) is 8.81. The second-order valence-corrected chi connectivity index (χ2v) is 8.40. The van der Waals surface area contributed by atoms with Crippen LogP contribution in [-0.2, 0) is 11.0 Å². The molecule has 33 heavy (non-hydrogen) atoms. The number of hydrogen-bond donors (Lipinski definition) is 2. The number of alkyl halides is 3. The minimum absolute atomic E-state index is 0.175. The lowest BCUT2D eigenvalue weighted by atomic mass is 10.1. The van der Waals surface area contributed by atoms with Crippen molar-refractivity contribution in [1.82, 2.24) is 15.4 Å². The summed E-state index contributed by atoms with van der Waals surface area (Å²) in [6.07, 6.45) is -3.57. The molecule has 0 saturated carbocycles. The number of nitrogens with one attached hydrogen (secondary N) is 2. The Morgan fingerprint density at radius 2 is 1.97 bits per heavy atom. The summed E-state index contributed by atoms with van der Waals surface area (Å²) in [6.45, 7) is 0. The van der Waals surface area contributed by atoms with E-state index in [1.54, 1.807) is 24.3 Å². The molecule has 0 radical (unpaired) electrons. The highest BCUT2D eigenvalue weighted by Crippen LogP contribution is 2.37. The van der Waals surface area contributed by atoms with Crippen LogP contribution in [0.5, 0.6) is 5.75 Å². The van der Waals surface area contributed by atoms with Gasteiger partial charge in [-0.3, -0.25) is 19.8 Å². The normalized spacial score (nSPS) is 16.7. The van der Waals surface area contributed by atoms with E-state index in [2.05, 4.69) is 10.4 Å². The molecule has 7 nitrogen and oxygen atoms in total. The Kier molecular flexibility index (Phi) is 6.07. The minimum Gasteiger partial charge on any atom is -0.497 e. The number of amides is 2. The number of para-hydroxylation sites is 1. The minimum atomic E-state index is -4.67. The largest absolute Gasteiger partial charge is 0.497 e. The number of carbonyl (C=O) groups excluding carboxylic acids is 2. The van der Waals surface area contributed by atoms with Crippen molar-refractivity contribution < 1.29 is 27.5 Å². The molecular formula is C22H18F3N3O4S. The first-order valence-electron chi connectivity index (χ1n) is 9.81. The van der Waals surface area contributed by atoms with Crippen LogP contribution >= 0.6 is 11.8 Å². The lowest BCUT2D eigenvalue weighted by Crippen LogP contribution is -2.50. The van der Waals surface area contributed by atoms with E-state index in [0.29, 0.717) is 17.1 Å². The molecule has 172 valence electrons. The molecule has 1 aromatic heterocycles. The van der Waals surface area contributed by atoms with Gasteiger partial charge in [-0.2, -0.15) is 13.2 Å². The molecule has 2 heterocycles. The van der Waals surface area contributed by atoms with E-state index >= 15 is 0 Å². The monoisotopic (exact) mass is 477 g/mol. The molecule has 2 aromatic carbocycles. The second-order valence-electron chi connectivity index (χ2n) is 7.21. The van der Waals surface area contributed by atoms with Gasteiger partial charge < -0.3 is 9.72 Å². The first-order chi connectivity index (χ1) is 15.7. The number of ether oxygens (including phenoxy) is 1. The number of hydrogen-bond acceptors (Lipinski definition) is 5. The van der Waals surface area contributed by atoms with Gasteiger partial charge in [-0.05, 0) is 29.8 Å². The smallest absolute Gasteiger partial charge is 0.418 e. The molecule has 4 rings (SSSR count). The lowest BCUT2D eigenvalue weighted by Gasteiger charge is -2.35. The van der Waals surface area contributed by atoms with Crippen LogP contribution in [-0.4, -0.2) is 34.7 Å². The summed E-state index contributed by atoms with van der Waals surface area (Å²) in [5.74, 6) is -0.154. The number of methoxy groups -OCH3 is 1. The molecule has 0 spiro atoms. The molecule has 0 aliphatic carbocycles. The van der Waals surface area contributed by atoms with Gasteiger partial charge in [0.25, 0.3) is 5.91 Å². The summed E-state index contributed by atoms with van der Waals surface area (Å²) in [5, 5.41) is 0.295. The maximum absolute atomic E-state index is 13.3. The van der Waals surface area contributed by atoms with Gasteiger partial charge in [-0.15, -0.1) is 11.8 Å². The summed E-state index contributed by atoms with van der Waals surface area (Å²) in [7, 11) is 1.51. The maximum atomic E-state index is 13.3. The number of fused-ring (bicyclic) bond motifs is 1. The van der Waals surface area contributed by atoms with E-state index in [9.17, 15) is 27.6 Å². The van der Waals surface area contributed by atoms with Crippen molar-refractivity contribution in [2.75, 3.05) is 12.9 Å². The molecule has 1 atom stereocenters. The third-order valence-corrected chi connectivity index (χ3v) is 6.40. The number of carbonyl (C=O) groups is 2. The van der Waals surface area contributed by atoms with Crippen LogP contribution in [0, 0.1) is 0 Å². The van der Waals surface area contributed by atoms with E-state index in [-0.39, 0.29) is 17.7 Å². The van der Waals surface area contributed by atoms with E-state index in [0.717, 1.165) is 23.3 Å². The number of aromatic amines is 1. The van der Waals surface area contributed by atoms with Crippen LogP contribution in [0.15, 0.2) is 53.5 Å². The van der Waals surface area contributed by atoms with Crippen molar-refractivity contribution in [3.63, 3.8) is 0 Å². The van der Waals surface area contributed by atoms with Gasteiger partial charge in [0.2, 0.25) is 11.3 Å². The van der Waals surface area contributed by atoms with Crippen LogP contribution in [0.2, 0.25) is 0 Å². The standard InChI is InChI=1S/C22H18F3N3O4S/c1-32-13-5-2-4-12(10-13)21-28(17(29)8-9-33-21)27-20(31)15-11-26-18-14(19(15)30)6-3-7-16(18)22(23,24)25/h2-7,10-11,21H,8-9H2,1H3,(H,26,30)(H,27,31). The van der Waals surface area contributed by atoms with E-state index < -0.39 is 39.5 Å². The number of thioether (sulfide) groups is 1. The number of halogens is 3. The number of nitrogens with zero attached hydrogens (tertiary/aromatic N) is 1. The Morgan fingerprint density at radius 1 is 1.21 bits per heavy atom. The molecule has 1 aliphatic rings. The van der Waals surface area contributed by atoms with Crippen LogP contribution < -0.4 is 15.6 Å². The van der Waals surface area contributed by atoms with Gasteiger partial charge in [0, 0.05) is 23.8 Å². The molecule has 3 aromatic rings. The number of pyridine rings is 1. The van der Waals surface area contributed by atoms with Gasteiger partial charge in [-0.1, -0.05) is 18.2 Å². The van der Waals surface area contributed by atoms with Crippen molar-refractivity contribution in [3.8, 4) is 5.75 Å². The van der Waals surface area contributed by atoms with Crippen LogP contribution in [0.3, 0.4) is 0 Å². The van der Waals surface area contributed by atoms with Crippen molar-refractivity contribution in [2.45, 2.75) is 18.0 Å². The molecule has 11 heteroatoms. The Labute approximate surface area is 189 Å². The molecule has 1 fully saturated rings. The first-order valence-corrected chi connectivity index (χ1v) is 10.9. The van der Waals surface area contributed by atoms with Gasteiger partial charge in [0.05, 0.1) is 18.2 Å². The number of benzene rings is 2. The Hall–Kier alpha value is -3.47. The summed E-state index contributed by atoms with van der Waals surface area (Å²) in [4.78, 5) is 40.8. The van der Waals surface area contributed by atoms with E-state index in [4.69, 9.17) is 4.74 Å². The average Bonchev–Trinajstić information content (AvgIpc) is 2.79. The van der Waals surface area contributed by atoms with Gasteiger partial charge >= 0.3 is 6.18 Å². The molecule has 1 saturated heterocycles. The van der Waals surface area contributed by atoms with Crippen LogP contribution in [0.25, 0.3) is 10.9 Å². The fourth-order valence-electron chi connectivity index (χ4n) is 3.57. The fraction of sp³-hybridized carbons (Fsp3) is 0.227. The number of H-pyrrole nitrogens is 1. The molecule has 2 amide bonds. The van der Waals surface area contributed by atoms with Crippen LogP contribution in [0.1, 0.15) is 33.3 Å². The van der Waals surface area contributed by atoms with Crippen molar-refractivity contribution in [1.29, 1.82) is 0 Å². The summed E-state index contributed by atoms with van der Waals surface area (Å²) in [6, 6.07) is 10.2. The SMILES string of the molecule is COc1cccc(C2SCCC(=O)N2NC(=O)c2c[nH]c3c(C(F)(F)F)cccc3c2=O)c1. The summed E-state index contributed by atoms with van der Waals surface area (Å²) in [5.41, 5.74) is 0.464. The first kappa shape index (κ1) is 22.7.